The van der Waals surface area contributed by atoms with Gasteiger partial charge in [0.15, 0.2) is 25.4 Å². The molecule has 0 radical (unpaired) electrons. The van der Waals surface area contributed by atoms with Crippen LogP contribution in [0.25, 0.3) is 5.57 Å². The summed E-state index contributed by atoms with van der Waals surface area (Å²) < 4.78 is 25.5. The number of amides is 1. The molecule has 0 N–H and O–H groups in total. The molecule has 0 aliphatic carbocycles. The predicted molar refractivity (Wildman–Crippen MR) is 112 cm³/mol. The van der Waals surface area contributed by atoms with E-state index in [1.165, 1.54) is 24.1 Å². The van der Waals surface area contributed by atoms with Crippen LogP contribution < -0.4 is 4.90 Å². The quantitative estimate of drug-likeness (QED) is 0.429. The van der Waals surface area contributed by atoms with Gasteiger partial charge >= 0.3 is 5.97 Å². The molecule has 2 aliphatic rings. The highest BCUT2D eigenvalue weighted by Crippen LogP contribution is 2.30. The highest BCUT2D eigenvalue weighted by atomic mass is 19.1. The van der Waals surface area contributed by atoms with Crippen LogP contribution in [0.4, 0.5) is 10.1 Å². The van der Waals surface area contributed by atoms with Gasteiger partial charge in [-0.05, 0) is 35.4 Å². The van der Waals surface area contributed by atoms with Gasteiger partial charge < -0.3 is 19.3 Å². The maximum Gasteiger partial charge on any atom is 0.303 e. The van der Waals surface area contributed by atoms with E-state index in [0.717, 1.165) is 5.57 Å². The lowest BCUT2D eigenvalue weighted by Crippen LogP contribution is -2.37. The van der Waals surface area contributed by atoms with Crippen LogP contribution >= 0.6 is 0 Å². The summed E-state index contributed by atoms with van der Waals surface area (Å²) in [6.45, 7) is 2.34. The Labute approximate surface area is 188 Å². The molecule has 1 aromatic heterocycles. The molecule has 1 amide bonds. The fraction of sp³-hybridized carbons (Fsp3) is 0.429. The normalized spacial score (nSPS) is 20.5. The van der Waals surface area contributed by atoms with Crippen LogP contribution in [-0.2, 0) is 30.4 Å². The number of esters is 1. The van der Waals surface area contributed by atoms with Crippen molar-refractivity contribution in [2.24, 2.45) is 0 Å². The number of benzene rings is 1. The Balaban J connectivity index is 1.42. The molecule has 0 spiro atoms. The molecule has 1 unspecified atom stereocenters. The van der Waals surface area contributed by atoms with E-state index in [1.54, 1.807) is 28.0 Å². The zero-order chi connectivity index (χ0) is 23.4. The molecule has 12 heteroatoms. The van der Waals surface area contributed by atoms with Crippen LogP contribution in [0, 0.1) is 5.82 Å². The maximum atomic E-state index is 15.0. The molecular weight excluding hydrogens is 435 g/mol. The molecule has 1 fully saturated rings. The second kappa shape index (κ2) is 9.86. The summed E-state index contributed by atoms with van der Waals surface area (Å²) in [4.78, 5) is 39.1. The van der Waals surface area contributed by atoms with Crippen LogP contribution in [-0.4, -0.2) is 81.8 Å². The smallest absolute Gasteiger partial charge is 0.303 e. The predicted octanol–water partition coefficient (Wildman–Crippen LogP) is 0.421. The fourth-order valence-electron chi connectivity index (χ4n) is 3.89. The Morgan fingerprint density at radius 2 is 2.21 bits per heavy atom. The van der Waals surface area contributed by atoms with Gasteiger partial charge in [-0.25, -0.2) is 4.39 Å². The van der Waals surface area contributed by atoms with Gasteiger partial charge in [0.25, 0.3) is 5.91 Å². The second-order valence-corrected chi connectivity index (χ2v) is 7.69. The first kappa shape index (κ1) is 22.5. The van der Waals surface area contributed by atoms with Crippen molar-refractivity contribution < 1.29 is 28.2 Å². The van der Waals surface area contributed by atoms with Crippen molar-refractivity contribution in [1.29, 1.82) is 0 Å². The van der Waals surface area contributed by atoms with Crippen molar-refractivity contribution >= 4 is 29.4 Å². The van der Waals surface area contributed by atoms with E-state index >= 15 is 4.39 Å². The summed E-state index contributed by atoms with van der Waals surface area (Å²) in [5.74, 6) is -1.23. The average molecular weight is 458 g/mol. The lowest BCUT2D eigenvalue weighted by atomic mass is 9.98. The number of anilines is 1. The molecule has 11 nitrogen and oxygen atoms in total. The first-order chi connectivity index (χ1) is 15.9. The largest absolute Gasteiger partial charge is 0.456 e. The second-order valence-electron chi connectivity index (χ2n) is 7.69. The van der Waals surface area contributed by atoms with Gasteiger partial charge in [0, 0.05) is 37.8 Å². The minimum absolute atomic E-state index is 0.291. The van der Waals surface area contributed by atoms with Gasteiger partial charge in [0.2, 0.25) is 0 Å². The topological polar surface area (TPSA) is 120 Å². The van der Waals surface area contributed by atoms with Gasteiger partial charge in [0.05, 0.1) is 12.6 Å². The SMILES string of the molecule is CC(=O)OCC(=O)N1CC=C(c2ccc(N3C[C@H](Cn4ncnn4)OC3C=O)cc2F)CC1. The molecular formula is C21H23FN6O5. The Morgan fingerprint density at radius 1 is 1.36 bits per heavy atom. The molecule has 174 valence electrons. The van der Waals surface area contributed by atoms with Crippen LogP contribution in [0.1, 0.15) is 18.9 Å². The standard InChI is InChI=1S/C21H23FN6O5/c1-14(30)32-12-20(31)26-6-4-15(5-7-26)18-3-2-16(8-19(18)22)27-9-17(33-21(27)11-29)10-28-24-13-23-25-28/h2-4,8,11,13,17,21H,5-7,9-10,12H2,1H3/t17-,21?/m1/s1. The van der Waals surface area contributed by atoms with Crippen molar-refractivity contribution in [1.82, 2.24) is 25.1 Å². The van der Waals surface area contributed by atoms with E-state index in [1.807, 2.05) is 0 Å². The van der Waals surface area contributed by atoms with Crippen LogP contribution in [0.2, 0.25) is 0 Å². The first-order valence-electron chi connectivity index (χ1n) is 10.4. The van der Waals surface area contributed by atoms with Gasteiger partial charge in [-0.15, -0.1) is 10.2 Å². The van der Waals surface area contributed by atoms with E-state index < -0.39 is 18.0 Å². The van der Waals surface area contributed by atoms with E-state index in [2.05, 4.69) is 15.4 Å². The minimum atomic E-state index is -0.838. The number of carbonyl (C=O) groups excluding carboxylic acids is 3. The molecule has 1 aromatic carbocycles. The molecule has 2 aromatic rings. The molecule has 0 bridgehead atoms. The lowest BCUT2D eigenvalue weighted by Gasteiger charge is -2.27. The Morgan fingerprint density at radius 3 is 2.85 bits per heavy atom. The van der Waals surface area contributed by atoms with Crippen LogP contribution in [0.15, 0.2) is 30.6 Å². The van der Waals surface area contributed by atoms with Gasteiger partial charge in [-0.1, -0.05) is 6.08 Å². The zero-order valence-electron chi connectivity index (χ0n) is 18.0. The zero-order valence-corrected chi connectivity index (χ0v) is 18.0. The summed E-state index contributed by atoms with van der Waals surface area (Å²) in [7, 11) is 0. The third-order valence-electron chi connectivity index (χ3n) is 5.51. The highest BCUT2D eigenvalue weighted by molar-refractivity contribution is 5.81. The number of aldehydes is 1. The number of rotatable bonds is 7. The first-order valence-corrected chi connectivity index (χ1v) is 10.4. The van der Waals surface area contributed by atoms with Crippen molar-refractivity contribution in [3.05, 3.63) is 42.0 Å². The third kappa shape index (κ3) is 5.22. The van der Waals surface area contributed by atoms with E-state index in [-0.39, 0.29) is 18.6 Å². The van der Waals surface area contributed by atoms with Gasteiger partial charge in [-0.2, -0.15) is 4.80 Å². The summed E-state index contributed by atoms with van der Waals surface area (Å²) in [5.41, 5.74) is 1.75. The summed E-state index contributed by atoms with van der Waals surface area (Å²) >= 11 is 0. The van der Waals surface area contributed by atoms with E-state index in [4.69, 9.17) is 9.47 Å². The summed E-state index contributed by atoms with van der Waals surface area (Å²) in [5, 5.41) is 11.4. The number of tetrazole rings is 1. The summed E-state index contributed by atoms with van der Waals surface area (Å²) in [6.07, 6.45) is 3.06. The van der Waals surface area contributed by atoms with Crippen molar-refractivity contribution in [3.8, 4) is 0 Å². The van der Waals surface area contributed by atoms with Crippen molar-refractivity contribution in [2.75, 3.05) is 31.1 Å². The maximum absolute atomic E-state index is 15.0. The lowest BCUT2D eigenvalue weighted by molar-refractivity contribution is -0.150. The summed E-state index contributed by atoms with van der Waals surface area (Å²) in [6, 6.07) is 4.79. The van der Waals surface area contributed by atoms with Gasteiger partial charge in [0.1, 0.15) is 5.82 Å². The van der Waals surface area contributed by atoms with Gasteiger partial charge in [-0.3, -0.25) is 14.4 Å². The molecule has 0 saturated carbocycles. The molecule has 4 rings (SSSR count). The Kier molecular flexibility index (Phi) is 6.73. The van der Waals surface area contributed by atoms with Crippen molar-refractivity contribution in [2.45, 2.75) is 32.2 Å². The number of carbonyl (C=O) groups is 3. The Hall–Kier alpha value is -3.67. The highest BCUT2D eigenvalue weighted by Gasteiger charge is 2.34. The van der Waals surface area contributed by atoms with Crippen LogP contribution in [0.5, 0.6) is 0 Å². The third-order valence-corrected chi connectivity index (χ3v) is 5.51. The number of hydrogen-bond donors (Lipinski definition) is 0. The number of nitrogens with zero attached hydrogens (tertiary/aromatic N) is 6. The molecule has 3 heterocycles. The number of halogens is 1. The fourth-order valence-corrected chi connectivity index (χ4v) is 3.89. The van der Waals surface area contributed by atoms with E-state index in [9.17, 15) is 14.4 Å². The van der Waals surface area contributed by atoms with E-state index in [0.29, 0.717) is 50.1 Å². The van der Waals surface area contributed by atoms with Crippen molar-refractivity contribution in [3.63, 3.8) is 0 Å². The molecule has 2 atom stereocenters. The number of ether oxygens (including phenoxy) is 2. The number of hydrogen-bond acceptors (Lipinski definition) is 9. The molecule has 1 saturated heterocycles. The molecule has 33 heavy (non-hydrogen) atoms. The monoisotopic (exact) mass is 458 g/mol. The number of aromatic nitrogens is 4. The average Bonchev–Trinajstić information content (AvgIpc) is 3.47. The molecule has 2 aliphatic heterocycles. The minimum Gasteiger partial charge on any atom is -0.456 e. The van der Waals surface area contributed by atoms with Crippen LogP contribution in [0.3, 0.4) is 0 Å². The Bertz CT molecular complexity index is 1060.